The quantitative estimate of drug-likeness (QED) is 0.279. The lowest BCUT2D eigenvalue weighted by Crippen LogP contribution is -3.00. The third-order valence-corrected chi connectivity index (χ3v) is 8.08. The predicted molar refractivity (Wildman–Crippen MR) is 111 cm³/mol. The maximum atomic E-state index is 12.5. The van der Waals surface area contributed by atoms with Gasteiger partial charge in [0, 0.05) is 19.3 Å². The van der Waals surface area contributed by atoms with Crippen molar-refractivity contribution in [3.05, 3.63) is 0 Å². The molecule has 4 aliphatic rings. The molecule has 0 amide bonds. The Kier molecular flexibility index (Phi) is 9.13. The van der Waals surface area contributed by atoms with Gasteiger partial charge in [-0.25, -0.2) is 4.79 Å². The van der Waals surface area contributed by atoms with E-state index >= 15 is 0 Å². The second-order valence-corrected chi connectivity index (χ2v) is 10.7. The average molecular weight is 414 g/mol. The van der Waals surface area contributed by atoms with E-state index < -0.39 is 0 Å². The van der Waals surface area contributed by atoms with Crippen molar-refractivity contribution in [3.8, 4) is 0 Å². The Morgan fingerprint density at radius 3 is 1.82 bits per heavy atom. The number of unbranched alkanes of at least 4 members (excludes halogenated alkanes) is 7. The number of ether oxygens (including phenoxy) is 1. The van der Waals surface area contributed by atoms with Crippen LogP contribution in [0.1, 0.15) is 96.8 Å². The number of hydrogen-bond donors (Lipinski definition) is 0. The molecule has 164 valence electrons. The molecule has 0 aromatic heterocycles. The summed E-state index contributed by atoms with van der Waals surface area (Å²) in [7, 11) is 4.59. The first kappa shape index (κ1) is 24.0. The Labute approximate surface area is 180 Å². The third kappa shape index (κ3) is 5.88. The molecular weight excluding hydrogens is 370 g/mol. The standard InChI is InChI=1S/C24H44NO2.ClH/c1-4-5-6-7-8-9-10-11-12-27-23(26)19-25(2,3)24-16-20-13-21(17-24)15-22(14-20)18-24;/h20-22H,4-19H2,1-3H3;1H/q+1;/p-1. The van der Waals surface area contributed by atoms with Crippen LogP contribution in [0, 0.1) is 17.8 Å². The highest BCUT2D eigenvalue weighted by Crippen LogP contribution is 2.58. The van der Waals surface area contributed by atoms with Gasteiger partial charge in [0.2, 0.25) is 0 Å². The van der Waals surface area contributed by atoms with E-state index in [2.05, 4.69) is 21.0 Å². The van der Waals surface area contributed by atoms with Crippen LogP contribution in [-0.4, -0.2) is 43.2 Å². The first-order valence-corrected chi connectivity index (χ1v) is 11.9. The molecule has 3 nitrogen and oxygen atoms in total. The van der Waals surface area contributed by atoms with Crippen molar-refractivity contribution in [2.24, 2.45) is 17.8 Å². The maximum Gasteiger partial charge on any atom is 0.361 e. The number of hydrogen-bond acceptors (Lipinski definition) is 2. The van der Waals surface area contributed by atoms with E-state index in [-0.39, 0.29) is 18.4 Å². The summed E-state index contributed by atoms with van der Waals surface area (Å²) < 4.78 is 6.49. The van der Waals surface area contributed by atoms with Gasteiger partial charge in [0.25, 0.3) is 0 Å². The van der Waals surface area contributed by atoms with Crippen LogP contribution in [-0.2, 0) is 9.53 Å². The second kappa shape index (κ2) is 10.7. The molecule has 4 fully saturated rings. The van der Waals surface area contributed by atoms with Gasteiger partial charge in [-0.3, -0.25) is 0 Å². The van der Waals surface area contributed by atoms with E-state index in [1.807, 2.05) is 0 Å². The van der Waals surface area contributed by atoms with E-state index in [0.717, 1.165) is 28.7 Å². The van der Waals surface area contributed by atoms with Crippen molar-refractivity contribution >= 4 is 5.97 Å². The maximum absolute atomic E-state index is 12.5. The third-order valence-electron chi connectivity index (χ3n) is 8.08. The van der Waals surface area contributed by atoms with Crippen LogP contribution in [0.25, 0.3) is 0 Å². The molecule has 0 radical (unpaired) electrons. The van der Waals surface area contributed by atoms with E-state index in [0.29, 0.717) is 18.7 Å². The van der Waals surface area contributed by atoms with Gasteiger partial charge in [0.15, 0.2) is 6.54 Å². The van der Waals surface area contributed by atoms with E-state index in [1.54, 1.807) is 0 Å². The molecule has 4 rings (SSSR count). The van der Waals surface area contributed by atoms with Crippen LogP contribution >= 0.6 is 0 Å². The summed E-state index contributed by atoms with van der Waals surface area (Å²) >= 11 is 0. The summed E-state index contributed by atoms with van der Waals surface area (Å²) in [4.78, 5) is 12.5. The normalized spacial score (nSPS) is 30.9. The number of carbonyl (C=O) groups excluding carboxylic acids is 1. The molecule has 0 spiro atoms. The topological polar surface area (TPSA) is 26.3 Å². The lowest BCUT2D eigenvalue weighted by molar-refractivity contribution is -0.941. The molecule has 0 saturated heterocycles. The molecule has 0 aromatic carbocycles. The minimum absolute atomic E-state index is 0. The Bertz CT molecular complexity index is 456. The summed E-state index contributed by atoms with van der Waals surface area (Å²) in [6.45, 7) is 3.44. The second-order valence-electron chi connectivity index (χ2n) is 10.7. The van der Waals surface area contributed by atoms with Gasteiger partial charge in [-0.2, -0.15) is 0 Å². The fourth-order valence-electron chi connectivity index (χ4n) is 6.76. The molecule has 4 heteroatoms. The molecule has 4 aliphatic carbocycles. The number of nitrogens with zero attached hydrogens (tertiary/aromatic N) is 1. The zero-order valence-corrected chi connectivity index (χ0v) is 19.4. The largest absolute Gasteiger partial charge is 1.00 e. The highest BCUT2D eigenvalue weighted by Gasteiger charge is 2.59. The minimum atomic E-state index is 0. The van der Waals surface area contributed by atoms with Crippen molar-refractivity contribution in [1.82, 2.24) is 0 Å². The van der Waals surface area contributed by atoms with Crippen LogP contribution in [0.15, 0.2) is 0 Å². The highest BCUT2D eigenvalue weighted by atomic mass is 35.5. The van der Waals surface area contributed by atoms with Crippen molar-refractivity contribution < 1.29 is 26.4 Å². The Morgan fingerprint density at radius 1 is 0.857 bits per heavy atom. The lowest BCUT2D eigenvalue weighted by atomic mass is 9.52. The summed E-state index contributed by atoms with van der Waals surface area (Å²) in [6.07, 6.45) is 18.7. The molecule has 0 aromatic rings. The van der Waals surface area contributed by atoms with Gasteiger partial charge in [0.1, 0.15) is 5.54 Å². The zero-order valence-electron chi connectivity index (χ0n) is 18.7. The van der Waals surface area contributed by atoms with Crippen molar-refractivity contribution in [2.45, 2.75) is 102 Å². The molecule has 0 atom stereocenters. The zero-order chi connectivity index (χ0) is 19.3. The SMILES string of the molecule is CCCCCCCCCCOC(=O)C[N+](C)(C)C12CC3CC(CC(C3)C1)C2.[Cl-]. The average Bonchev–Trinajstić information content (AvgIpc) is 2.58. The number of rotatable bonds is 12. The van der Waals surface area contributed by atoms with Gasteiger partial charge < -0.3 is 21.6 Å². The molecule has 0 heterocycles. The molecule has 28 heavy (non-hydrogen) atoms. The number of likely N-dealkylation sites (N-methyl/N-ethyl adjacent to an activating group) is 1. The fraction of sp³-hybridized carbons (Fsp3) is 0.958. The molecule has 0 aliphatic heterocycles. The van der Waals surface area contributed by atoms with Crippen LogP contribution < -0.4 is 12.4 Å². The van der Waals surface area contributed by atoms with Gasteiger partial charge in [0.05, 0.1) is 20.7 Å². The van der Waals surface area contributed by atoms with Gasteiger partial charge in [-0.15, -0.1) is 0 Å². The predicted octanol–water partition coefficient (Wildman–Crippen LogP) is 2.72. The van der Waals surface area contributed by atoms with Gasteiger partial charge >= 0.3 is 5.97 Å². The first-order chi connectivity index (χ1) is 12.9. The lowest BCUT2D eigenvalue weighted by Gasteiger charge is -2.61. The number of carbonyl (C=O) groups is 1. The van der Waals surface area contributed by atoms with Crippen molar-refractivity contribution in [2.75, 3.05) is 27.2 Å². The minimum Gasteiger partial charge on any atom is -1.00 e. The summed E-state index contributed by atoms with van der Waals surface area (Å²) in [6, 6.07) is 0. The molecule has 4 bridgehead atoms. The Hall–Kier alpha value is -0.280. The summed E-state index contributed by atoms with van der Waals surface area (Å²) in [5.74, 6) is 2.82. The number of halogens is 1. The Morgan fingerprint density at radius 2 is 1.32 bits per heavy atom. The number of quaternary nitrogens is 1. The van der Waals surface area contributed by atoms with E-state index in [9.17, 15) is 4.79 Å². The van der Waals surface area contributed by atoms with Crippen LogP contribution in [0.5, 0.6) is 0 Å². The number of esters is 1. The summed E-state index contributed by atoms with van der Waals surface area (Å²) in [5.41, 5.74) is 0.353. The van der Waals surface area contributed by atoms with Crippen LogP contribution in [0.2, 0.25) is 0 Å². The Balaban J connectivity index is 0.00000280. The molecule has 4 saturated carbocycles. The first-order valence-electron chi connectivity index (χ1n) is 11.9. The highest BCUT2D eigenvalue weighted by molar-refractivity contribution is 5.70. The van der Waals surface area contributed by atoms with E-state index in [4.69, 9.17) is 4.74 Å². The molecule has 0 N–H and O–H groups in total. The molecule has 0 unspecified atom stereocenters. The van der Waals surface area contributed by atoms with E-state index in [1.165, 1.54) is 83.5 Å². The van der Waals surface area contributed by atoms with Gasteiger partial charge in [-0.1, -0.05) is 51.9 Å². The smallest absolute Gasteiger partial charge is 0.361 e. The monoisotopic (exact) mass is 413 g/mol. The fourth-order valence-corrected chi connectivity index (χ4v) is 6.76. The van der Waals surface area contributed by atoms with Gasteiger partial charge in [-0.05, 0) is 43.4 Å². The summed E-state index contributed by atoms with van der Waals surface area (Å²) in [5, 5.41) is 0. The van der Waals surface area contributed by atoms with Crippen molar-refractivity contribution in [1.29, 1.82) is 0 Å². The van der Waals surface area contributed by atoms with Crippen molar-refractivity contribution in [3.63, 3.8) is 0 Å². The van der Waals surface area contributed by atoms with Crippen LogP contribution in [0.4, 0.5) is 0 Å². The van der Waals surface area contributed by atoms with Crippen LogP contribution in [0.3, 0.4) is 0 Å². The molecular formula is C24H44ClNO2.